The molecule has 0 unspecified atom stereocenters. The number of halogens is 1. The van der Waals surface area contributed by atoms with Gasteiger partial charge in [0.25, 0.3) is 0 Å². The Morgan fingerprint density at radius 3 is 2.20 bits per heavy atom. The summed E-state index contributed by atoms with van der Waals surface area (Å²) in [6.07, 6.45) is 4.03. The van der Waals surface area contributed by atoms with Crippen LogP contribution in [0.4, 0.5) is 4.39 Å². The molecule has 0 spiro atoms. The van der Waals surface area contributed by atoms with Crippen LogP contribution in [-0.4, -0.2) is 0 Å². The van der Waals surface area contributed by atoms with Crippen LogP contribution in [0.3, 0.4) is 0 Å². The van der Waals surface area contributed by atoms with Gasteiger partial charge in [-0.15, -0.1) is 0 Å². The van der Waals surface area contributed by atoms with Gasteiger partial charge in [0.2, 0.25) is 5.69 Å². The van der Waals surface area contributed by atoms with Gasteiger partial charge in [0.15, 0.2) is 12.4 Å². The van der Waals surface area contributed by atoms with Gasteiger partial charge in [-0.2, -0.15) is 4.57 Å². The fraction of sp³-hybridized carbons (Fsp3) is 0.154. The highest BCUT2D eigenvalue weighted by Crippen LogP contribution is 2.05. The molecule has 0 N–H and O–H groups in total. The minimum Gasteiger partial charge on any atom is -0.207 e. The van der Waals surface area contributed by atoms with E-state index in [0.29, 0.717) is 0 Å². The van der Waals surface area contributed by atoms with Gasteiger partial charge in [0.1, 0.15) is 5.82 Å². The van der Waals surface area contributed by atoms with Crippen molar-refractivity contribution in [3.05, 3.63) is 59.7 Å². The zero-order valence-corrected chi connectivity index (χ0v) is 8.87. The van der Waals surface area contributed by atoms with Crippen LogP contribution in [0.2, 0.25) is 0 Å². The molecule has 0 aliphatic carbocycles. The van der Waals surface area contributed by atoms with Gasteiger partial charge in [-0.05, 0) is 31.5 Å². The molecule has 0 saturated heterocycles. The van der Waals surface area contributed by atoms with E-state index in [-0.39, 0.29) is 5.82 Å². The molecule has 1 nitrogen and oxygen atoms in total. The molecule has 0 atom stereocenters. The monoisotopic (exact) mass is 202 g/mol. The summed E-state index contributed by atoms with van der Waals surface area (Å²) < 4.78 is 14.7. The molecule has 1 aromatic carbocycles. The highest BCUT2D eigenvalue weighted by Gasteiger charge is 2.06. The SMILES string of the molecule is Cc1cc[n+](-c2ccc(F)cc2)cc1C. The van der Waals surface area contributed by atoms with Crippen LogP contribution < -0.4 is 4.57 Å². The highest BCUT2D eigenvalue weighted by atomic mass is 19.1. The molecule has 2 heteroatoms. The van der Waals surface area contributed by atoms with Crippen LogP contribution in [-0.2, 0) is 0 Å². The lowest BCUT2D eigenvalue weighted by Crippen LogP contribution is -2.30. The molecule has 0 amide bonds. The number of rotatable bonds is 1. The fourth-order valence-electron chi connectivity index (χ4n) is 1.45. The molecule has 1 aromatic heterocycles. The molecule has 0 bridgehead atoms. The third-order valence-electron chi connectivity index (χ3n) is 2.56. The van der Waals surface area contributed by atoms with Crippen LogP contribution in [0.5, 0.6) is 0 Å². The molecular formula is C13H13FN+. The number of benzene rings is 1. The number of hydrogen-bond acceptors (Lipinski definition) is 0. The van der Waals surface area contributed by atoms with Gasteiger partial charge in [-0.1, -0.05) is 0 Å². The first-order valence-corrected chi connectivity index (χ1v) is 4.91. The van der Waals surface area contributed by atoms with Crippen LogP contribution in [0.1, 0.15) is 11.1 Å². The lowest BCUT2D eigenvalue weighted by molar-refractivity contribution is -0.596. The molecule has 0 fully saturated rings. The first kappa shape index (κ1) is 9.84. The Balaban J connectivity index is 2.45. The number of aromatic nitrogens is 1. The number of hydrogen-bond donors (Lipinski definition) is 0. The molecular weight excluding hydrogens is 189 g/mol. The lowest BCUT2D eigenvalue weighted by atomic mass is 10.2. The average Bonchev–Trinajstić information content (AvgIpc) is 2.23. The second-order valence-corrected chi connectivity index (χ2v) is 3.69. The van der Waals surface area contributed by atoms with E-state index in [9.17, 15) is 4.39 Å². The molecule has 1 heterocycles. The Kier molecular flexibility index (Phi) is 2.50. The minimum absolute atomic E-state index is 0.205. The van der Waals surface area contributed by atoms with E-state index < -0.39 is 0 Å². The van der Waals surface area contributed by atoms with Crippen molar-refractivity contribution >= 4 is 0 Å². The summed E-state index contributed by atoms with van der Waals surface area (Å²) in [6, 6.07) is 8.53. The van der Waals surface area contributed by atoms with E-state index in [1.54, 1.807) is 12.1 Å². The summed E-state index contributed by atoms with van der Waals surface area (Å²) in [4.78, 5) is 0. The first-order chi connectivity index (χ1) is 7.16. The number of aryl methyl sites for hydroxylation is 2. The normalized spacial score (nSPS) is 10.3. The van der Waals surface area contributed by atoms with Gasteiger partial charge in [0.05, 0.1) is 0 Å². The molecule has 2 rings (SSSR count). The standard InChI is InChI=1S/C13H13FN/c1-10-7-8-15(9-11(10)2)13-5-3-12(14)4-6-13/h3-9H,1-2H3/q+1. The fourth-order valence-corrected chi connectivity index (χ4v) is 1.45. The van der Waals surface area contributed by atoms with Crippen molar-refractivity contribution in [1.82, 2.24) is 0 Å². The van der Waals surface area contributed by atoms with Crippen LogP contribution >= 0.6 is 0 Å². The maximum atomic E-state index is 12.7. The Labute approximate surface area is 88.8 Å². The van der Waals surface area contributed by atoms with E-state index in [1.807, 2.05) is 17.0 Å². The second kappa shape index (κ2) is 3.81. The largest absolute Gasteiger partial charge is 0.210 e. The van der Waals surface area contributed by atoms with Crippen molar-refractivity contribution in [2.75, 3.05) is 0 Å². The molecule has 0 aliphatic rings. The van der Waals surface area contributed by atoms with Crippen molar-refractivity contribution < 1.29 is 8.96 Å². The Bertz CT molecular complexity index is 474. The van der Waals surface area contributed by atoms with Gasteiger partial charge in [-0.3, -0.25) is 0 Å². The summed E-state index contributed by atoms with van der Waals surface area (Å²) in [5, 5.41) is 0. The van der Waals surface area contributed by atoms with Crippen molar-refractivity contribution in [3.63, 3.8) is 0 Å². The summed E-state index contributed by atoms with van der Waals surface area (Å²) in [7, 11) is 0. The second-order valence-electron chi connectivity index (χ2n) is 3.69. The molecule has 2 aromatic rings. The maximum Gasteiger partial charge on any atom is 0.210 e. The lowest BCUT2D eigenvalue weighted by Gasteiger charge is -1.99. The van der Waals surface area contributed by atoms with Crippen molar-refractivity contribution in [3.8, 4) is 5.69 Å². The summed E-state index contributed by atoms with van der Waals surface area (Å²) >= 11 is 0. The predicted octanol–water partition coefficient (Wildman–Crippen LogP) is 2.72. The van der Waals surface area contributed by atoms with Gasteiger partial charge in [-0.25, -0.2) is 4.39 Å². The van der Waals surface area contributed by atoms with Gasteiger partial charge in [0, 0.05) is 23.8 Å². The van der Waals surface area contributed by atoms with Crippen molar-refractivity contribution in [2.24, 2.45) is 0 Å². The Morgan fingerprint density at radius 1 is 0.933 bits per heavy atom. The molecule has 0 saturated carbocycles. The zero-order chi connectivity index (χ0) is 10.8. The van der Waals surface area contributed by atoms with Gasteiger partial charge >= 0.3 is 0 Å². The highest BCUT2D eigenvalue weighted by molar-refractivity contribution is 5.24. The summed E-state index contributed by atoms with van der Waals surface area (Å²) in [5.74, 6) is -0.205. The predicted molar refractivity (Wildman–Crippen MR) is 57.4 cm³/mol. The topological polar surface area (TPSA) is 3.88 Å². The Morgan fingerprint density at radius 2 is 1.60 bits per heavy atom. The molecule has 0 aliphatic heterocycles. The van der Waals surface area contributed by atoms with E-state index in [1.165, 1.54) is 23.3 Å². The Hall–Kier alpha value is -1.70. The molecule has 0 radical (unpaired) electrons. The van der Waals surface area contributed by atoms with Crippen molar-refractivity contribution in [2.45, 2.75) is 13.8 Å². The van der Waals surface area contributed by atoms with Crippen molar-refractivity contribution in [1.29, 1.82) is 0 Å². The van der Waals surface area contributed by atoms with Crippen LogP contribution in [0.25, 0.3) is 5.69 Å². The van der Waals surface area contributed by atoms with Crippen LogP contribution in [0.15, 0.2) is 42.7 Å². The molecule has 15 heavy (non-hydrogen) atoms. The smallest absolute Gasteiger partial charge is 0.207 e. The number of pyridine rings is 1. The third-order valence-corrected chi connectivity index (χ3v) is 2.56. The average molecular weight is 202 g/mol. The van der Waals surface area contributed by atoms with E-state index in [4.69, 9.17) is 0 Å². The van der Waals surface area contributed by atoms with E-state index in [2.05, 4.69) is 19.9 Å². The third kappa shape index (κ3) is 2.04. The van der Waals surface area contributed by atoms with Crippen LogP contribution in [0, 0.1) is 19.7 Å². The molecule has 76 valence electrons. The first-order valence-electron chi connectivity index (χ1n) is 4.91. The maximum absolute atomic E-state index is 12.7. The zero-order valence-electron chi connectivity index (χ0n) is 8.87. The summed E-state index contributed by atoms with van der Waals surface area (Å²) in [6.45, 7) is 4.14. The quantitative estimate of drug-likeness (QED) is 0.626. The van der Waals surface area contributed by atoms with Gasteiger partial charge < -0.3 is 0 Å². The van der Waals surface area contributed by atoms with E-state index >= 15 is 0 Å². The van der Waals surface area contributed by atoms with E-state index in [0.717, 1.165) is 5.69 Å². The summed E-state index contributed by atoms with van der Waals surface area (Å²) in [5.41, 5.74) is 3.45. The number of nitrogens with zero attached hydrogens (tertiary/aromatic N) is 1. The minimum atomic E-state index is -0.205.